The molecule has 29 heavy (non-hydrogen) atoms. The fourth-order valence-corrected chi connectivity index (χ4v) is 4.09. The van der Waals surface area contributed by atoms with E-state index in [1.807, 2.05) is 12.1 Å². The van der Waals surface area contributed by atoms with E-state index in [1.54, 1.807) is 38.1 Å². The first kappa shape index (κ1) is 22.6. The van der Waals surface area contributed by atoms with Crippen LogP contribution in [0.4, 0.5) is 11.4 Å². The highest BCUT2D eigenvalue weighted by Gasteiger charge is 2.24. The molecule has 0 unspecified atom stereocenters. The minimum atomic E-state index is -3.91. The summed E-state index contributed by atoms with van der Waals surface area (Å²) in [5.41, 5.74) is 0.951. The number of benzene rings is 2. The average Bonchev–Trinajstić information content (AvgIpc) is 2.67. The number of hydrogen-bond acceptors (Lipinski definition) is 7. The van der Waals surface area contributed by atoms with Crippen molar-refractivity contribution in [2.75, 3.05) is 32.8 Å². The van der Waals surface area contributed by atoms with Crippen LogP contribution in [0.5, 0.6) is 5.75 Å². The third-order valence-corrected chi connectivity index (χ3v) is 5.80. The zero-order valence-electron chi connectivity index (χ0n) is 16.8. The van der Waals surface area contributed by atoms with E-state index in [0.29, 0.717) is 18.0 Å². The quantitative estimate of drug-likeness (QED) is 0.462. The van der Waals surface area contributed by atoms with Crippen molar-refractivity contribution in [1.82, 2.24) is 4.72 Å². The molecule has 0 spiro atoms. The summed E-state index contributed by atoms with van der Waals surface area (Å²) < 4.78 is 37.5. The molecule has 0 saturated heterocycles. The summed E-state index contributed by atoms with van der Waals surface area (Å²) in [6.45, 7) is 2.23. The molecule has 0 radical (unpaired) electrons. The van der Waals surface area contributed by atoms with Gasteiger partial charge in [-0.25, -0.2) is 13.1 Å². The highest BCUT2D eigenvalue weighted by atomic mass is 32.2. The molecular formula is C19H25N3O6S. The highest BCUT2D eigenvalue weighted by Crippen LogP contribution is 2.31. The van der Waals surface area contributed by atoms with E-state index in [2.05, 4.69) is 4.72 Å². The fraction of sp³-hybridized carbons (Fsp3) is 0.368. The molecule has 0 aliphatic heterocycles. The Labute approximate surface area is 170 Å². The molecular weight excluding hydrogens is 398 g/mol. The van der Waals surface area contributed by atoms with Crippen LogP contribution in [0.15, 0.2) is 47.4 Å². The molecule has 9 nitrogen and oxygen atoms in total. The zero-order chi connectivity index (χ0) is 21.6. The van der Waals surface area contributed by atoms with Crippen LogP contribution < -0.4 is 14.4 Å². The molecule has 2 aromatic rings. The second-order valence-corrected chi connectivity index (χ2v) is 8.30. The maximum Gasteiger partial charge on any atom is 0.293 e. The van der Waals surface area contributed by atoms with Gasteiger partial charge in [0.2, 0.25) is 10.0 Å². The lowest BCUT2D eigenvalue weighted by molar-refractivity contribution is -0.384. The van der Waals surface area contributed by atoms with E-state index < -0.39 is 21.0 Å². The second-order valence-electron chi connectivity index (χ2n) is 6.59. The summed E-state index contributed by atoms with van der Waals surface area (Å²) >= 11 is 0. The van der Waals surface area contributed by atoms with Gasteiger partial charge in [-0.3, -0.25) is 10.1 Å². The molecule has 0 aliphatic rings. The summed E-state index contributed by atoms with van der Waals surface area (Å²) in [6.07, 6.45) is 0. The van der Waals surface area contributed by atoms with E-state index in [0.717, 1.165) is 11.6 Å². The van der Waals surface area contributed by atoms with Gasteiger partial charge in [0.15, 0.2) is 0 Å². The minimum Gasteiger partial charge on any atom is -0.497 e. The molecule has 1 atom stereocenters. The van der Waals surface area contributed by atoms with E-state index in [4.69, 9.17) is 9.47 Å². The normalized spacial score (nSPS) is 12.4. The summed E-state index contributed by atoms with van der Waals surface area (Å²) in [5, 5.41) is 11.6. The van der Waals surface area contributed by atoms with Gasteiger partial charge in [0.1, 0.15) is 11.4 Å². The van der Waals surface area contributed by atoms with Gasteiger partial charge in [-0.05, 0) is 36.8 Å². The topological polar surface area (TPSA) is 111 Å². The molecule has 0 amide bonds. The Morgan fingerprint density at radius 3 is 2.38 bits per heavy atom. The van der Waals surface area contributed by atoms with Crippen LogP contribution in [0, 0.1) is 10.1 Å². The summed E-state index contributed by atoms with van der Waals surface area (Å²) in [7, 11) is 0.830. The van der Waals surface area contributed by atoms with E-state index in [1.165, 1.54) is 19.2 Å². The SMILES string of the molecule is COC[C@@H](C)NS(=O)(=O)c1ccc(N(C)Cc2ccc(OC)cc2)c([N+](=O)[O-])c1. The van der Waals surface area contributed by atoms with Crippen molar-refractivity contribution >= 4 is 21.4 Å². The lowest BCUT2D eigenvalue weighted by atomic mass is 10.2. The van der Waals surface area contributed by atoms with Crippen LogP contribution in [0.3, 0.4) is 0 Å². The zero-order valence-corrected chi connectivity index (χ0v) is 17.6. The van der Waals surface area contributed by atoms with Crippen LogP contribution in [0.1, 0.15) is 12.5 Å². The maximum atomic E-state index is 12.5. The van der Waals surface area contributed by atoms with Gasteiger partial charge >= 0.3 is 0 Å². The van der Waals surface area contributed by atoms with Crippen molar-refractivity contribution in [1.29, 1.82) is 0 Å². The number of sulfonamides is 1. The van der Waals surface area contributed by atoms with Crippen molar-refractivity contribution in [3.05, 3.63) is 58.1 Å². The van der Waals surface area contributed by atoms with Crippen LogP contribution in [-0.2, 0) is 21.3 Å². The van der Waals surface area contributed by atoms with Crippen LogP contribution in [0.25, 0.3) is 0 Å². The first-order valence-electron chi connectivity index (χ1n) is 8.81. The lowest BCUT2D eigenvalue weighted by Gasteiger charge is -2.20. The number of nitrogens with one attached hydrogen (secondary N) is 1. The van der Waals surface area contributed by atoms with Gasteiger partial charge in [-0.2, -0.15) is 0 Å². The van der Waals surface area contributed by atoms with Gasteiger partial charge in [0.25, 0.3) is 5.69 Å². The van der Waals surface area contributed by atoms with Crippen molar-refractivity contribution in [3.8, 4) is 5.75 Å². The van der Waals surface area contributed by atoms with Crippen molar-refractivity contribution in [2.45, 2.75) is 24.4 Å². The van der Waals surface area contributed by atoms with Gasteiger partial charge in [-0.15, -0.1) is 0 Å². The molecule has 0 aliphatic carbocycles. The monoisotopic (exact) mass is 423 g/mol. The van der Waals surface area contributed by atoms with Crippen LogP contribution in [0.2, 0.25) is 0 Å². The van der Waals surface area contributed by atoms with Gasteiger partial charge in [-0.1, -0.05) is 12.1 Å². The third-order valence-electron chi connectivity index (χ3n) is 4.22. The van der Waals surface area contributed by atoms with Crippen molar-refractivity contribution in [3.63, 3.8) is 0 Å². The number of methoxy groups -OCH3 is 2. The predicted octanol–water partition coefficient (Wildman–Crippen LogP) is 2.55. The Hall–Kier alpha value is -2.69. The highest BCUT2D eigenvalue weighted by molar-refractivity contribution is 7.89. The Kier molecular flexibility index (Phi) is 7.54. The molecule has 1 N–H and O–H groups in total. The summed E-state index contributed by atoms with van der Waals surface area (Å²) in [4.78, 5) is 12.5. The third kappa shape index (κ3) is 5.89. The second kappa shape index (κ2) is 9.68. The van der Waals surface area contributed by atoms with E-state index in [9.17, 15) is 18.5 Å². The number of hydrogen-bond donors (Lipinski definition) is 1. The molecule has 2 aromatic carbocycles. The van der Waals surface area contributed by atoms with Gasteiger partial charge in [0.05, 0.1) is 23.5 Å². The smallest absolute Gasteiger partial charge is 0.293 e. The van der Waals surface area contributed by atoms with Crippen LogP contribution >= 0.6 is 0 Å². The fourth-order valence-electron chi connectivity index (χ4n) is 2.85. The Morgan fingerprint density at radius 2 is 1.83 bits per heavy atom. The first-order valence-corrected chi connectivity index (χ1v) is 10.3. The molecule has 10 heteroatoms. The molecule has 158 valence electrons. The number of anilines is 1. The first-order chi connectivity index (χ1) is 13.7. The largest absolute Gasteiger partial charge is 0.497 e. The van der Waals surface area contributed by atoms with Gasteiger partial charge < -0.3 is 14.4 Å². The standard InChI is InChI=1S/C19H25N3O6S/c1-14(13-27-3)20-29(25,26)17-9-10-18(19(11-17)22(23)24)21(2)12-15-5-7-16(28-4)8-6-15/h5-11,14,20H,12-13H2,1-4H3/t14-/m1/s1. The Balaban J connectivity index is 2.29. The number of nitro groups is 1. The molecule has 0 bridgehead atoms. The summed E-state index contributed by atoms with van der Waals surface area (Å²) in [6, 6.07) is 10.7. The average molecular weight is 423 g/mol. The number of ether oxygens (including phenoxy) is 2. The van der Waals surface area contributed by atoms with Crippen LogP contribution in [-0.4, -0.2) is 47.3 Å². The molecule has 0 heterocycles. The molecule has 0 fully saturated rings. The van der Waals surface area contributed by atoms with E-state index in [-0.39, 0.29) is 17.2 Å². The molecule has 0 saturated carbocycles. The predicted molar refractivity (Wildman–Crippen MR) is 110 cm³/mol. The minimum absolute atomic E-state index is 0.172. The van der Waals surface area contributed by atoms with Crippen molar-refractivity contribution in [2.24, 2.45) is 0 Å². The van der Waals surface area contributed by atoms with Gasteiger partial charge in [0, 0.05) is 32.8 Å². The number of rotatable bonds is 10. The lowest BCUT2D eigenvalue weighted by Crippen LogP contribution is -2.35. The number of nitrogens with zero attached hydrogens (tertiary/aromatic N) is 2. The Bertz CT molecular complexity index is 947. The maximum absolute atomic E-state index is 12.5. The molecule has 0 aromatic heterocycles. The summed E-state index contributed by atoms with van der Waals surface area (Å²) in [5.74, 6) is 0.715. The van der Waals surface area contributed by atoms with E-state index >= 15 is 0 Å². The number of nitro benzene ring substituents is 1. The molecule has 2 rings (SSSR count). The Morgan fingerprint density at radius 1 is 1.17 bits per heavy atom. The van der Waals surface area contributed by atoms with Crippen molar-refractivity contribution < 1.29 is 22.8 Å².